The summed E-state index contributed by atoms with van der Waals surface area (Å²) < 4.78 is 2.01. The number of benzene rings is 1. The third-order valence-electron chi connectivity index (χ3n) is 5.17. The zero-order valence-corrected chi connectivity index (χ0v) is 17.2. The van der Waals surface area contributed by atoms with E-state index in [2.05, 4.69) is 34.5 Å². The average molecular weight is 377 g/mol. The largest absolute Gasteiger partial charge is 0.348 e. The maximum absolute atomic E-state index is 12.6. The molecule has 0 saturated heterocycles. The molecule has 2 aromatic heterocycles. The van der Waals surface area contributed by atoms with E-state index in [9.17, 15) is 4.79 Å². The molecule has 1 amide bonds. The summed E-state index contributed by atoms with van der Waals surface area (Å²) in [5.41, 5.74) is 7.80. The predicted octanol–water partition coefficient (Wildman–Crippen LogP) is 3.91. The van der Waals surface area contributed by atoms with Crippen LogP contribution in [0.5, 0.6) is 0 Å². The van der Waals surface area contributed by atoms with Gasteiger partial charge in [-0.15, -0.1) is 0 Å². The highest BCUT2D eigenvalue weighted by Gasteiger charge is 2.13. The molecule has 0 unspecified atom stereocenters. The summed E-state index contributed by atoms with van der Waals surface area (Å²) in [5.74, 6) is -0.0966. The minimum Gasteiger partial charge on any atom is -0.348 e. The molecule has 0 atom stereocenters. The number of nitrogens with zero attached hydrogens (tertiary/aromatic N) is 4. The third kappa shape index (κ3) is 3.96. The highest BCUT2D eigenvalue weighted by Crippen LogP contribution is 2.22. The van der Waals surface area contributed by atoms with Gasteiger partial charge in [-0.1, -0.05) is 19.1 Å². The summed E-state index contributed by atoms with van der Waals surface area (Å²) in [5, 5.41) is 15.8. The van der Waals surface area contributed by atoms with Crippen molar-refractivity contribution in [2.24, 2.45) is 0 Å². The molecule has 3 rings (SSSR count). The Kier molecular flexibility index (Phi) is 5.87. The van der Waals surface area contributed by atoms with Gasteiger partial charge in [0.2, 0.25) is 0 Å². The van der Waals surface area contributed by atoms with Crippen LogP contribution >= 0.6 is 0 Å². The lowest BCUT2D eigenvalue weighted by Crippen LogP contribution is -2.23. The zero-order chi connectivity index (χ0) is 20.3. The monoisotopic (exact) mass is 377 g/mol. The number of aromatic nitrogens is 4. The van der Waals surface area contributed by atoms with E-state index >= 15 is 0 Å². The van der Waals surface area contributed by atoms with E-state index in [0.29, 0.717) is 12.1 Å². The first kappa shape index (κ1) is 19.7. The van der Waals surface area contributed by atoms with Gasteiger partial charge in [-0.05, 0) is 57.4 Å². The molecule has 3 aromatic rings. The van der Waals surface area contributed by atoms with Crippen molar-refractivity contribution in [1.29, 1.82) is 0 Å². The molecule has 6 nitrogen and oxygen atoms in total. The van der Waals surface area contributed by atoms with Crippen LogP contribution in [0.1, 0.15) is 51.8 Å². The van der Waals surface area contributed by atoms with Gasteiger partial charge in [0.1, 0.15) is 0 Å². The Morgan fingerprint density at radius 2 is 1.82 bits per heavy atom. The van der Waals surface area contributed by atoms with Crippen LogP contribution in [0.2, 0.25) is 0 Å². The lowest BCUT2D eigenvalue weighted by molar-refractivity contribution is 0.0951. The highest BCUT2D eigenvalue weighted by atomic mass is 16.1. The molecule has 146 valence electrons. The van der Waals surface area contributed by atoms with Gasteiger partial charge in [0.05, 0.1) is 17.6 Å². The average Bonchev–Trinajstić information content (AvgIpc) is 2.95. The van der Waals surface area contributed by atoms with Crippen LogP contribution in [-0.2, 0) is 13.1 Å². The fraction of sp³-hybridized carbons (Fsp3) is 0.364. The number of amides is 1. The van der Waals surface area contributed by atoms with Crippen LogP contribution in [0.4, 0.5) is 0 Å². The molecular formula is C22H27N5O. The number of nitrogens with one attached hydrogen (secondary N) is 1. The summed E-state index contributed by atoms with van der Waals surface area (Å²) >= 11 is 0. The summed E-state index contributed by atoms with van der Waals surface area (Å²) in [4.78, 5) is 12.6. The second kappa shape index (κ2) is 8.33. The first-order valence-electron chi connectivity index (χ1n) is 9.62. The minimum atomic E-state index is -0.0966. The Morgan fingerprint density at radius 3 is 2.50 bits per heavy atom. The van der Waals surface area contributed by atoms with Crippen molar-refractivity contribution in [2.75, 3.05) is 0 Å². The van der Waals surface area contributed by atoms with Gasteiger partial charge in [0, 0.05) is 35.5 Å². The van der Waals surface area contributed by atoms with Crippen LogP contribution in [0.15, 0.2) is 30.5 Å². The Labute approximate surface area is 166 Å². The van der Waals surface area contributed by atoms with Crippen molar-refractivity contribution in [3.05, 3.63) is 64.1 Å². The smallest absolute Gasteiger partial charge is 0.251 e. The Balaban J connectivity index is 1.71. The van der Waals surface area contributed by atoms with Crippen molar-refractivity contribution in [3.63, 3.8) is 0 Å². The van der Waals surface area contributed by atoms with Gasteiger partial charge in [0.15, 0.2) is 0 Å². The number of hydrogen-bond donors (Lipinski definition) is 1. The van der Waals surface area contributed by atoms with Crippen LogP contribution in [0, 0.1) is 27.7 Å². The normalized spacial score (nSPS) is 10.9. The summed E-state index contributed by atoms with van der Waals surface area (Å²) in [6.45, 7) is 11.6. The first-order valence-corrected chi connectivity index (χ1v) is 9.62. The van der Waals surface area contributed by atoms with E-state index in [4.69, 9.17) is 0 Å². The molecule has 0 fully saturated rings. The van der Waals surface area contributed by atoms with E-state index in [1.54, 1.807) is 6.20 Å². The molecule has 1 aromatic carbocycles. The number of aryl methyl sites for hydroxylation is 3. The van der Waals surface area contributed by atoms with Gasteiger partial charge in [-0.25, -0.2) is 0 Å². The molecule has 28 heavy (non-hydrogen) atoms. The van der Waals surface area contributed by atoms with Gasteiger partial charge in [0.25, 0.3) is 5.91 Å². The van der Waals surface area contributed by atoms with Crippen molar-refractivity contribution in [1.82, 2.24) is 25.3 Å². The van der Waals surface area contributed by atoms with E-state index < -0.39 is 0 Å². The molecule has 1 N–H and O–H groups in total. The molecule has 0 saturated carbocycles. The van der Waals surface area contributed by atoms with Crippen LogP contribution in [-0.4, -0.2) is 25.9 Å². The number of rotatable bonds is 6. The van der Waals surface area contributed by atoms with Crippen molar-refractivity contribution < 1.29 is 4.79 Å². The topological polar surface area (TPSA) is 72.7 Å². The third-order valence-corrected chi connectivity index (χ3v) is 5.17. The standard InChI is InChI=1S/C22H27N5O/c1-6-11-27-17(5)20(16(4)26-27)13-23-22(28)19-9-7-18(8-10-19)21-15(3)14(2)12-24-25-21/h7-10,12H,6,11,13H2,1-5H3,(H,23,28). The fourth-order valence-electron chi connectivity index (χ4n) is 3.28. The number of hydrogen-bond acceptors (Lipinski definition) is 4. The molecule has 6 heteroatoms. The maximum Gasteiger partial charge on any atom is 0.251 e. The number of carbonyl (C=O) groups excluding carboxylic acids is 1. The van der Waals surface area contributed by atoms with E-state index in [0.717, 1.165) is 52.3 Å². The Bertz CT molecular complexity index is 989. The summed E-state index contributed by atoms with van der Waals surface area (Å²) in [7, 11) is 0. The molecule has 0 spiro atoms. The van der Waals surface area contributed by atoms with Crippen molar-refractivity contribution >= 4 is 5.91 Å². The van der Waals surface area contributed by atoms with Gasteiger partial charge in [-0.3, -0.25) is 9.48 Å². The second-order valence-electron chi connectivity index (χ2n) is 7.13. The van der Waals surface area contributed by atoms with Crippen LogP contribution in [0.25, 0.3) is 11.3 Å². The molecule has 0 aliphatic carbocycles. The zero-order valence-electron chi connectivity index (χ0n) is 17.2. The number of carbonyl (C=O) groups is 1. The van der Waals surface area contributed by atoms with Crippen molar-refractivity contribution in [3.8, 4) is 11.3 Å². The Hall–Kier alpha value is -3.02. The van der Waals surface area contributed by atoms with Crippen LogP contribution < -0.4 is 5.32 Å². The fourth-order valence-corrected chi connectivity index (χ4v) is 3.28. The van der Waals surface area contributed by atoms with E-state index in [-0.39, 0.29) is 5.91 Å². The molecule has 2 heterocycles. The van der Waals surface area contributed by atoms with Crippen LogP contribution in [0.3, 0.4) is 0 Å². The molecular weight excluding hydrogens is 350 g/mol. The van der Waals surface area contributed by atoms with Gasteiger partial charge in [-0.2, -0.15) is 15.3 Å². The quantitative estimate of drug-likeness (QED) is 0.707. The molecule has 0 bridgehead atoms. The lowest BCUT2D eigenvalue weighted by Gasteiger charge is -2.09. The van der Waals surface area contributed by atoms with Gasteiger partial charge < -0.3 is 5.32 Å². The predicted molar refractivity (Wildman–Crippen MR) is 110 cm³/mol. The first-order chi connectivity index (χ1) is 13.4. The van der Waals surface area contributed by atoms with E-state index in [1.165, 1.54) is 0 Å². The SMILES string of the molecule is CCCn1nc(C)c(CNC(=O)c2ccc(-c3nncc(C)c3C)cc2)c1C. The lowest BCUT2D eigenvalue weighted by atomic mass is 10.0. The Morgan fingerprint density at radius 1 is 1.11 bits per heavy atom. The van der Waals surface area contributed by atoms with Crippen molar-refractivity contribution in [2.45, 2.75) is 54.1 Å². The minimum absolute atomic E-state index is 0.0966. The maximum atomic E-state index is 12.6. The summed E-state index contributed by atoms with van der Waals surface area (Å²) in [6.07, 6.45) is 2.79. The molecule has 0 radical (unpaired) electrons. The highest BCUT2D eigenvalue weighted by molar-refractivity contribution is 5.94. The molecule has 0 aliphatic heterocycles. The van der Waals surface area contributed by atoms with Gasteiger partial charge >= 0.3 is 0 Å². The molecule has 0 aliphatic rings. The second-order valence-corrected chi connectivity index (χ2v) is 7.13. The summed E-state index contributed by atoms with van der Waals surface area (Å²) in [6, 6.07) is 7.49. The van der Waals surface area contributed by atoms with E-state index in [1.807, 2.05) is 49.7 Å².